The predicted octanol–water partition coefficient (Wildman–Crippen LogP) is 8.91. The molecule has 62 heavy (non-hydrogen) atoms. The third-order valence-corrected chi connectivity index (χ3v) is 12.0. The number of tetrazole rings is 1. The zero-order valence-corrected chi connectivity index (χ0v) is 34.4. The highest BCUT2D eigenvalue weighted by molar-refractivity contribution is 5.91. The zero-order valence-electron chi connectivity index (χ0n) is 34.4. The first-order valence-corrected chi connectivity index (χ1v) is 20.9. The molecule has 0 aliphatic carbocycles. The lowest BCUT2D eigenvalue weighted by Gasteiger charge is -2.36. The number of methoxy groups -OCH3 is 1. The van der Waals surface area contributed by atoms with Gasteiger partial charge in [0.15, 0.2) is 5.82 Å². The lowest BCUT2D eigenvalue weighted by atomic mass is 9.77. The molecule has 1 aliphatic heterocycles. The molecule has 1 fully saturated rings. The maximum absolute atomic E-state index is 14.5. The van der Waals surface area contributed by atoms with E-state index in [-0.39, 0.29) is 11.9 Å². The number of nitrogens with one attached hydrogen (secondary N) is 1. The average molecular weight is 815 g/mol. The second kappa shape index (κ2) is 18.0. The molecule has 9 heteroatoms. The first-order chi connectivity index (χ1) is 30.6. The van der Waals surface area contributed by atoms with Crippen LogP contribution in [-0.4, -0.2) is 62.7 Å². The zero-order chi connectivity index (χ0) is 42.3. The number of benzene rings is 7. The van der Waals surface area contributed by atoms with E-state index in [1.165, 1.54) is 7.11 Å². The minimum Gasteiger partial charge on any atom is -0.467 e. The average Bonchev–Trinajstić information content (AvgIpc) is 4.02. The Bertz CT molecular complexity index is 2590. The van der Waals surface area contributed by atoms with Crippen molar-refractivity contribution in [2.45, 2.75) is 36.5 Å². The highest BCUT2D eigenvalue weighted by Crippen LogP contribution is 2.43. The van der Waals surface area contributed by atoms with Gasteiger partial charge in [0.1, 0.15) is 11.6 Å². The van der Waals surface area contributed by atoms with Crippen LogP contribution in [0.2, 0.25) is 0 Å². The Morgan fingerprint density at radius 2 is 1.13 bits per heavy atom. The van der Waals surface area contributed by atoms with E-state index in [1.807, 2.05) is 95.7 Å². The third-order valence-electron chi connectivity index (χ3n) is 12.0. The number of nitrogens with zero attached hydrogens (tertiary/aromatic N) is 5. The van der Waals surface area contributed by atoms with Crippen molar-refractivity contribution < 1.29 is 14.3 Å². The minimum atomic E-state index is -0.886. The number of aromatic nitrogens is 4. The Balaban J connectivity index is 0.989. The van der Waals surface area contributed by atoms with E-state index in [1.54, 1.807) is 4.90 Å². The minimum absolute atomic E-state index is 0.117. The molecule has 0 radical (unpaired) electrons. The number of amides is 1. The van der Waals surface area contributed by atoms with E-state index in [0.29, 0.717) is 25.3 Å². The van der Waals surface area contributed by atoms with E-state index in [9.17, 15) is 9.59 Å². The Morgan fingerprint density at radius 1 is 0.645 bits per heavy atom. The van der Waals surface area contributed by atoms with Crippen LogP contribution in [0.25, 0.3) is 22.5 Å². The van der Waals surface area contributed by atoms with E-state index >= 15 is 0 Å². The predicted molar refractivity (Wildman–Crippen MR) is 241 cm³/mol. The lowest BCUT2D eigenvalue weighted by molar-refractivity contribution is -0.151. The number of hydrogen-bond acceptors (Lipinski definition) is 7. The van der Waals surface area contributed by atoms with Crippen LogP contribution in [0.3, 0.4) is 0 Å². The summed E-state index contributed by atoms with van der Waals surface area (Å²) in [6, 6.07) is 66.5. The standard InChI is InChI=1S/C53H46N6O3/c1-62-52(61)48-35-45(37-58(48)51(60)49(40-19-7-2-8-20-40)41-21-9-3-10-22-41)54-36-38-31-33-39(34-32-38)46-29-17-18-30-47(46)50-55-56-57-59(50)53(42-23-11-4-12-24-42,43-25-13-5-14-26-43)44-27-15-6-16-28-44/h2-34,45,48-49,54H,35-37H2,1H3/t45-,48+/m1/s1. The van der Waals surface area contributed by atoms with Crippen molar-refractivity contribution in [3.05, 3.63) is 234 Å². The van der Waals surface area contributed by atoms with Crippen molar-refractivity contribution >= 4 is 11.9 Å². The summed E-state index contributed by atoms with van der Waals surface area (Å²) < 4.78 is 7.19. The molecule has 9 rings (SSSR count). The van der Waals surface area contributed by atoms with Gasteiger partial charge in [-0.15, -0.1) is 5.10 Å². The quantitative estimate of drug-likeness (QED) is 0.0917. The molecule has 1 amide bonds. The summed E-state index contributed by atoms with van der Waals surface area (Å²) in [7, 11) is 1.38. The highest BCUT2D eigenvalue weighted by atomic mass is 16.5. The molecule has 0 bridgehead atoms. The number of hydrogen-bond donors (Lipinski definition) is 1. The van der Waals surface area contributed by atoms with Gasteiger partial charge in [-0.1, -0.05) is 200 Å². The Hall–Kier alpha value is -7.49. The first kappa shape index (κ1) is 39.9. The van der Waals surface area contributed by atoms with E-state index in [0.717, 1.165) is 50.1 Å². The van der Waals surface area contributed by atoms with Crippen LogP contribution in [0.4, 0.5) is 0 Å². The van der Waals surface area contributed by atoms with Crippen molar-refractivity contribution in [3.8, 4) is 22.5 Å². The van der Waals surface area contributed by atoms with Crippen LogP contribution in [0.15, 0.2) is 200 Å². The smallest absolute Gasteiger partial charge is 0.328 e. The summed E-state index contributed by atoms with van der Waals surface area (Å²) in [4.78, 5) is 29.3. The fourth-order valence-electron chi connectivity index (χ4n) is 9.00. The van der Waals surface area contributed by atoms with Gasteiger partial charge in [0.05, 0.1) is 13.0 Å². The number of carbonyl (C=O) groups is 2. The summed E-state index contributed by atoms with van der Waals surface area (Å²) in [6.45, 7) is 0.931. The molecule has 306 valence electrons. The van der Waals surface area contributed by atoms with Crippen LogP contribution in [0, 0.1) is 0 Å². The van der Waals surface area contributed by atoms with Gasteiger partial charge in [-0.3, -0.25) is 4.79 Å². The number of esters is 1. The monoisotopic (exact) mass is 814 g/mol. The van der Waals surface area contributed by atoms with Gasteiger partial charge in [-0.25, -0.2) is 9.48 Å². The first-order valence-electron chi connectivity index (χ1n) is 20.9. The van der Waals surface area contributed by atoms with E-state index in [4.69, 9.17) is 15.0 Å². The molecule has 0 spiro atoms. The number of rotatable bonds is 13. The Kier molecular flexibility index (Phi) is 11.6. The summed E-state index contributed by atoms with van der Waals surface area (Å²) >= 11 is 0. The second-order valence-corrected chi connectivity index (χ2v) is 15.6. The molecular formula is C53H46N6O3. The largest absolute Gasteiger partial charge is 0.467 e. The van der Waals surface area contributed by atoms with Gasteiger partial charge in [-0.05, 0) is 61.4 Å². The third kappa shape index (κ3) is 7.70. The number of carbonyl (C=O) groups excluding carboxylic acids is 2. The van der Waals surface area contributed by atoms with Crippen LogP contribution in [-0.2, 0) is 26.4 Å². The molecule has 2 atom stereocenters. The summed E-state index contributed by atoms with van der Waals surface area (Å²) in [6.07, 6.45) is 0.450. The van der Waals surface area contributed by atoms with Gasteiger partial charge in [0.25, 0.3) is 0 Å². The van der Waals surface area contributed by atoms with Crippen LogP contribution >= 0.6 is 0 Å². The molecule has 1 aliphatic rings. The van der Waals surface area contributed by atoms with Crippen molar-refractivity contribution in [2.24, 2.45) is 0 Å². The van der Waals surface area contributed by atoms with Crippen LogP contribution in [0.1, 0.15) is 45.7 Å². The molecule has 1 aromatic heterocycles. The van der Waals surface area contributed by atoms with Crippen LogP contribution in [0.5, 0.6) is 0 Å². The van der Waals surface area contributed by atoms with Gasteiger partial charge in [0, 0.05) is 24.7 Å². The SMILES string of the molecule is COC(=O)[C@@H]1C[C@@H](NCc2ccc(-c3ccccc3-c3nnnn3C(c3ccccc3)(c3ccccc3)c3ccccc3)cc2)CN1C(=O)C(c1ccccc1)c1ccccc1. The second-order valence-electron chi connectivity index (χ2n) is 15.6. The van der Waals surface area contributed by atoms with Crippen molar-refractivity contribution in [1.29, 1.82) is 0 Å². The normalized spacial score (nSPS) is 15.1. The molecule has 9 nitrogen and oxygen atoms in total. The summed E-state index contributed by atoms with van der Waals surface area (Å²) in [5.74, 6) is -0.449. The topological polar surface area (TPSA) is 102 Å². The van der Waals surface area contributed by atoms with Crippen molar-refractivity contribution in [2.75, 3.05) is 13.7 Å². The van der Waals surface area contributed by atoms with Crippen LogP contribution < -0.4 is 5.32 Å². The number of likely N-dealkylation sites (tertiary alicyclic amines) is 1. The lowest BCUT2D eigenvalue weighted by Crippen LogP contribution is -2.44. The van der Waals surface area contributed by atoms with E-state index in [2.05, 4.69) is 120 Å². The van der Waals surface area contributed by atoms with Crippen molar-refractivity contribution in [1.82, 2.24) is 30.4 Å². The molecular weight excluding hydrogens is 769 g/mol. The van der Waals surface area contributed by atoms with Crippen molar-refractivity contribution in [3.63, 3.8) is 0 Å². The maximum Gasteiger partial charge on any atom is 0.328 e. The maximum atomic E-state index is 14.5. The Labute approximate surface area is 361 Å². The fraction of sp³-hybridized carbons (Fsp3) is 0.151. The summed E-state index contributed by atoms with van der Waals surface area (Å²) in [5.41, 5.74) is 7.92. The van der Waals surface area contributed by atoms with E-state index < -0.39 is 23.5 Å². The van der Waals surface area contributed by atoms with Gasteiger partial charge >= 0.3 is 5.97 Å². The number of ether oxygens (including phenoxy) is 1. The molecule has 1 saturated heterocycles. The molecule has 0 saturated carbocycles. The molecule has 7 aromatic carbocycles. The van der Waals surface area contributed by atoms with Gasteiger partial charge < -0.3 is 15.0 Å². The molecule has 2 heterocycles. The Morgan fingerprint density at radius 3 is 1.65 bits per heavy atom. The molecule has 8 aromatic rings. The molecule has 1 N–H and O–H groups in total. The fourth-order valence-corrected chi connectivity index (χ4v) is 9.00. The summed E-state index contributed by atoms with van der Waals surface area (Å²) in [5, 5.41) is 17.5. The van der Waals surface area contributed by atoms with Gasteiger partial charge in [0.2, 0.25) is 5.91 Å². The van der Waals surface area contributed by atoms with Gasteiger partial charge in [-0.2, -0.15) is 0 Å². The highest BCUT2D eigenvalue weighted by Gasteiger charge is 2.44. The molecule has 0 unspecified atom stereocenters.